The number of aryl methyl sites for hydroxylation is 1. The number of thiophene rings is 1. The van der Waals surface area contributed by atoms with Crippen LogP contribution in [0.1, 0.15) is 41.7 Å². The van der Waals surface area contributed by atoms with Crippen molar-refractivity contribution in [1.82, 2.24) is 14.9 Å². The van der Waals surface area contributed by atoms with Gasteiger partial charge in [0.25, 0.3) is 5.91 Å². The van der Waals surface area contributed by atoms with Gasteiger partial charge in [0.05, 0.1) is 20.8 Å². The number of carbonyl (C=O) groups is 1. The van der Waals surface area contributed by atoms with Crippen molar-refractivity contribution in [2.24, 2.45) is 0 Å². The molecule has 1 atom stereocenters. The lowest BCUT2D eigenvalue weighted by Crippen LogP contribution is -2.15. The zero-order chi connectivity index (χ0) is 21.7. The van der Waals surface area contributed by atoms with E-state index in [0.29, 0.717) is 16.3 Å². The van der Waals surface area contributed by atoms with Crippen LogP contribution in [0.15, 0.2) is 36.5 Å². The first-order valence-corrected chi connectivity index (χ1v) is 10.6. The van der Waals surface area contributed by atoms with Gasteiger partial charge in [-0.3, -0.25) is 10.1 Å². The number of hydrogen-bond donors (Lipinski definition) is 4. The van der Waals surface area contributed by atoms with E-state index in [2.05, 4.69) is 22.5 Å². The van der Waals surface area contributed by atoms with Crippen molar-refractivity contribution in [1.29, 1.82) is 0 Å². The highest BCUT2D eigenvalue weighted by molar-refractivity contribution is 7.15. The summed E-state index contributed by atoms with van der Waals surface area (Å²) in [5, 5.41) is 23.2. The van der Waals surface area contributed by atoms with E-state index in [4.69, 9.17) is 9.84 Å². The Morgan fingerprint density at radius 3 is 2.77 bits per heavy atom. The van der Waals surface area contributed by atoms with Crippen molar-refractivity contribution in [3.05, 3.63) is 46.3 Å². The highest BCUT2D eigenvalue weighted by atomic mass is 32.1. The van der Waals surface area contributed by atoms with Crippen LogP contribution in [0.3, 0.4) is 0 Å². The van der Waals surface area contributed by atoms with E-state index in [9.17, 15) is 9.90 Å². The topological polar surface area (TPSA) is 109 Å². The number of amides is 1. The average Bonchev–Trinajstić information content (AvgIpc) is 3.42. The summed E-state index contributed by atoms with van der Waals surface area (Å²) in [6.45, 7) is 6.63. The van der Waals surface area contributed by atoms with Gasteiger partial charge in [0, 0.05) is 25.4 Å². The molecule has 1 unspecified atom stereocenters. The summed E-state index contributed by atoms with van der Waals surface area (Å²) in [5.41, 5.74) is 1.52. The summed E-state index contributed by atoms with van der Waals surface area (Å²) >= 11 is 1.37. The molecule has 1 aliphatic heterocycles. The highest BCUT2D eigenvalue weighted by Crippen LogP contribution is 2.29. The van der Waals surface area contributed by atoms with Crippen molar-refractivity contribution >= 4 is 40.0 Å². The number of nitrogens with one attached hydrogen (secondary N) is 2. The second kappa shape index (κ2) is 9.64. The van der Waals surface area contributed by atoms with Gasteiger partial charge in [0.2, 0.25) is 5.95 Å². The molecular weight excluding hydrogens is 404 g/mol. The first-order valence-electron chi connectivity index (χ1n) is 9.81. The van der Waals surface area contributed by atoms with Gasteiger partial charge in [-0.05, 0) is 44.5 Å². The van der Waals surface area contributed by atoms with Crippen LogP contribution >= 0.6 is 11.3 Å². The maximum absolute atomic E-state index is 12.7. The molecule has 0 fully saturated rings. The minimum Gasteiger partial charge on any atom is -0.508 e. The number of phenolic OH excluding ortho intramolecular Hbond substituents is 1. The molecule has 1 amide bonds. The average molecular weight is 431 g/mol. The summed E-state index contributed by atoms with van der Waals surface area (Å²) in [5.74, 6) is 1.14. The molecule has 0 saturated heterocycles. The van der Waals surface area contributed by atoms with Crippen molar-refractivity contribution in [3.8, 4) is 5.75 Å². The predicted molar refractivity (Wildman–Crippen MR) is 118 cm³/mol. The lowest BCUT2D eigenvalue weighted by atomic mass is 10.3. The Morgan fingerprint density at radius 1 is 1.33 bits per heavy atom. The number of benzene rings is 1. The lowest BCUT2D eigenvalue weighted by Gasteiger charge is -2.08. The van der Waals surface area contributed by atoms with Gasteiger partial charge < -0.3 is 24.8 Å². The minimum absolute atomic E-state index is 0.0651. The number of hydrogen-bond acceptors (Lipinski definition) is 7. The molecule has 9 heteroatoms. The lowest BCUT2D eigenvalue weighted by molar-refractivity contribution is 0.102. The Hall–Kier alpha value is -3.04. The van der Waals surface area contributed by atoms with E-state index in [1.54, 1.807) is 25.1 Å². The Bertz CT molecular complexity index is 1060. The predicted octanol–water partition coefficient (Wildman–Crippen LogP) is 3.73. The van der Waals surface area contributed by atoms with Crippen LogP contribution in [0.4, 0.5) is 5.95 Å². The normalized spacial score (nSPS) is 15.1. The molecule has 8 nitrogen and oxygen atoms in total. The van der Waals surface area contributed by atoms with E-state index < -0.39 is 0 Å². The van der Waals surface area contributed by atoms with E-state index >= 15 is 0 Å². The van der Waals surface area contributed by atoms with E-state index in [1.165, 1.54) is 11.3 Å². The molecule has 1 aliphatic rings. The number of carbonyl (C=O) groups excluding carboxylic acids is 1. The number of fused-ring (bicyclic) bond motifs is 1. The third kappa shape index (κ3) is 4.74. The van der Waals surface area contributed by atoms with Crippen LogP contribution in [0.25, 0.3) is 16.8 Å². The number of ether oxygens (including phenoxy) is 1. The van der Waals surface area contributed by atoms with Crippen molar-refractivity contribution in [2.45, 2.75) is 40.0 Å². The molecule has 3 heterocycles. The Morgan fingerprint density at radius 2 is 2.10 bits per heavy atom. The second-order valence-electron chi connectivity index (χ2n) is 6.63. The first kappa shape index (κ1) is 21.7. The molecule has 1 aromatic carbocycles. The molecule has 0 spiro atoms. The van der Waals surface area contributed by atoms with Gasteiger partial charge in [0.1, 0.15) is 5.75 Å². The summed E-state index contributed by atoms with van der Waals surface area (Å²) in [7, 11) is 0. The van der Waals surface area contributed by atoms with Crippen molar-refractivity contribution in [3.63, 3.8) is 0 Å². The number of nitrogens with zero attached hydrogens (tertiary/aromatic N) is 2. The van der Waals surface area contributed by atoms with Crippen LogP contribution in [0.2, 0.25) is 0 Å². The number of phenols is 1. The molecular formula is C21H26N4O4S. The first-order chi connectivity index (χ1) is 14.5. The maximum Gasteiger partial charge on any atom is 0.268 e. The maximum atomic E-state index is 12.7. The van der Waals surface area contributed by atoms with Gasteiger partial charge in [-0.15, -0.1) is 11.3 Å². The summed E-state index contributed by atoms with van der Waals surface area (Å²) in [6, 6.07) is 8.68. The molecule has 2 aromatic heterocycles. The largest absolute Gasteiger partial charge is 0.508 e. The molecule has 0 radical (unpaired) electrons. The smallest absolute Gasteiger partial charge is 0.268 e. The monoisotopic (exact) mass is 430 g/mol. The minimum atomic E-state index is -0.220. The fourth-order valence-electron chi connectivity index (χ4n) is 3.00. The fraction of sp³-hybridized carbons (Fsp3) is 0.333. The number of rotatable bonds is 5. The van der Waals surface area contributed by atoms with E-state index in [-0.39, 0.29) is 24.5 Å². The van der Waals surface area contributed by atoms with Gasteiger partial charge >= 0.3 is 0 Å². The molecule has 30 heavy (non-hydrogen) atoms. The van der Waals surface area contributed by atoms with Gasteiger partial charge in [0.15, 0.2) is 12.0 Å². The second-order valence-corrected chi connectivity index (χ2v) is 7.71. The third-order valence-corrected chi connectivity index (χ3v) is 5.33. The number of aliphatic hydroxyl groups is 1. The fourth-order valence-corrected chi connectivity index (χ4v) is 3.86. The van der Waals surface area contributed by atoms with Crippen LogP contribution < -0.4 is 10.6 Å². The number of aromatic hydroxyl groups is 1. The Balaban J connectivity index is 0.000000806. The van der Waals surface area contributed by atoms with Gasteiger partial charge in [-0.1, -0.05) is 6.92 Å². The van der Waals surface area contributed by atoms with Crippen LogP contribution in [0.5, 0.6) is 5.75 Å². The van der Waals surface area contributed by atoms with Crippen LogP contribution in [0, 0.1) is 0 Å². The summed E-state index contributed by atoms with van der Waals surface area (Å²) < 4.78 is 7.60. The van der Waals surface area contributed by atoms with Crippen LogP contribution in [-0.4, -0.2) is 38.5 Å². The molecule has 0 aliphatic carbocycles. The summed E-state index contributed by atoms with van der Waals surface area (Å²) in [6.07, 6.45) is 2.64. The molecule has 0 saturated carbocycles. The van der Waals surface area contributed by atoms with Gasteiger partial charge in [-0.2, -0.15) is 0 Å². The highest BCUT2D eigenvalue weighted by Gasteiger charge is 2.19. The molecule has 160 valence electrons. The zero-order valence-corrected chi connectivity index (χ0v) is 18.0. The Labute approximate surface area is 178 Å². The number of aliphatic hydroxyl groups excluding tert-OH is 1. The van der Waals surface area contributed by atoms with E-state index in [1.807, 2.05) is 29.8 Å². The molecule has 0 bridgehead atoms. The molecule has 4 N–H and O–H groups in total. The number of anilines is 1. The van der Waals surface area contributed by atoms with Crippen molar-refractivity contribution < 1.29 is 19.7 Å². The molecule has 3 aromatic rings. The van der Waals surface area contributed by atoms with Crippen molar-refractivity contribution in [2.75, 3.05) is 11.9 Å². The molecule has 4 rings (SSSR count). The number of aromatic nitrogens is 2. The van der Waals surface area contributed by atoms with Crippen LogP contribution in [-0.2, 0) is 11.3 Å². The zero-order valence-electron chi connectivity index (χ0n) is 17.2. The van der Waals surface area contributed by atoms with E-state index in [0.717, 1.165) is 29.1 Å². The number of imidazole rings is 1. The standard InChI is InChI=1S/C19H20N4O3S.C2H6O/c1-3-8-23-14-5-4-12(24)9-13(14)21-19(23)22-18(25)17-7-6-16(27-17)15-10-20-11(2)26-15;1-2-3/h4-7,9-11,20,24H,3,8H2,1-2H3,(H,21,22,25);3H,2H2,1H3. The SMILES string of the molecule is CCCn1c(NC(=O)c2ccc(C3=CNC(C)O3)s2)nc2cc(O)ccc21.CCO. The quantitative estimate of drug-likeness (QED) is 0.491. The third-order valence-electron chi connectivity index (χ3n) is 4.23. The van der Waals surface area contributed by atoms with Gasteiger partial charge in [-0.25, -0.2) is 4.98 Å². The summed E-state index contributed by atoms with van der Waals surface area (Å²) in [4.78, 5) is 18.7. The Kier molecular flexibility index (Phi) is 6.96.